The van der Waals surface area contributed by atoms with Gasteiger partial charge in [-0.25, -0.2) is 14.2 Å². The Morgan fingerprint density at radius 1 is 1.24 bits per heavy atom. The molecule has 34 heavy (non-hydrogen) atoms. The molecule has 0 spiro atoms. The second-order valence-electron chi connectivity index (χ2n) is 9.34. The molecule has 1 unspecified atom stereocenters. The molecule has 0 bridgehead atoms. The molecule has 2 amide bonds. The number of carbonyl (C=O) groups is 2. The van der Waals surface area contributed by atoms with E-state index in [2.05, 4.69) is 20.5 Å². The maximum atomic E-state index is 13.2. The van der Waals surface area contributed by atoms with E-state index >= 15 is 0 Å². The van der Waals surface area contributed by atoms with Gasteiger partial charge in [-0.2, -0.15) is 0 Å². The lowest BCUT2D eigenvalue weighted by molar-refractivity contribution is -0.0306. The van der Waals surface area contributed by atoms with Crippen LogP contribution in [0.25, 0.3) is 0 Å². The molecular formula is C25H33FN4O3S. The summed E-state index contributed by atoms with van der Waals surface area (Å²) in [5, 5.41) is 6.27. The van der Waals surface area contributed by atoms with E-state index in [9.17, 15) is 14.0 Å². The summed E-state index contributed by atoms with van der Waals surface area (Å²) in [4.78, 5) is 31.6. The van der Waals surface area contributed by atoms with Crippen molar-refractivity contribution >= 4 is 28.3 Å². The van der Waals surface area contributed by atoms with Crippen molar-refractivity contribution in [3.05, 3.63) is 46.2 Å². The van der Waals surface area contributed by atoms with Crippen molar-refractivity contribution in [2.45, 2.75) is 58.1 Å². The Bertz CT molecular complexity index is 997. The van der Waals surface area contributed by atoms with Crippen LogP contribution in [0.1, 0.15) is 53.5 Å². The number of amides is 2. The van der Waals surface area contributed by atoms with Gasteiger partial charge in [0.15, 0.2) is 10.9 Å². The standard InChI is InChI=1S/C25H33FN4O3S/c1-16-23(17(2)31)34-25(27-16)29-24(32)28-21-6-4-12-33-22(21)15-30-11-3-5-19(14-30)13-18-7-9-20(26)10-8-18/h7-10,19,21-22H,3-6,11-15H2,1-2H3,(H2,27,28,29,32)/t19?,21-,22+/m1/s1. The van der Waals surface area contributed by atoms with Gasteiger partial charge in [-0.15, -0.1) is 0 Å². The van der Waals surface area contributed by atoms with E-state index in [-0.39, 0.29) is 29.8 Å². The molecule has 4 rings (SSSR count). The number of rotatable bonds is 7. The molecular weight excluding hydrogens is 455 g/mol. The molecule has 1 aromatic heterocycles. The topological polar surface area (TPSA) is 83.6 Å². The number of piperidine rings is 1. The summed E-state index contributed by atoms with van der Waals surface area (Å²) < 4.78 is 19.3. The zero-order chi connectivity index (χ0) is 24.1. The lowest BCUT2D eigenvalue weighted by atomic mass is 9.90. The third kappa shape index (κ3) is 6.61. The summed E-state index contributed by atoms with van der Waals surface area (Å²) in [6, 6.07) is 6.40. The second kappa shape index (κ2) is 11.4. The van der Waals surface area contributed by atoms with Gasteiger partial charge in [0.25, 0.3) is 0 Å². The van der Waals surface area contributed by atoms with Crippen LogP contribution in [0.2, 0.25) is 0 Å². The Morgan fingerprint density at radius 3 is 2.76 bits per heavy atom. The minimum absolute atomic E-state index is 0.0523. The van der Waals surface area contributed by atoms with E-state index in [1.807, 2.05) is 12.1 Å². The zero-order valence-electron chi connectivity index (χ0n) is 19.8. The molecule has 2 aromatic rings. The van der Waals surface area contributed by atoms with Crippen molar-refractivity contribution in [2.24, 2.45) is 5.92 Å². The summed E-state index contributed by atoms with van der Waals surface area (Å²) in [7, 11) is 0. The molecule has 2 aliphatic heterocycles. The number of urea groups is 1. The largest absolute Gasteiger partial charge is 0.375 e. The van der Waals surface area contributed by atoms with Gasteiger partial charge in [0.2, 0.25) is 0 Å². The minimum Gasteiger partial charge on any atom is -0.375 e. The van der Waals surface area contributed by atoms with Gasteiger partial charge in [-0.05, 0) is 69.2 Å². The normalized spacial score (nSPS) is 23.4. The first-order valence-electron chi connectivity index (χ1n) is 12.0. The molecule has 0 aliphatic carbocycles. The van der Waals surface area contributed by atoms with Crippen molar-refractivity contribution in [1.82, 2.24) is 15.2 Å². The second-order valence-corrected chi connectivity index (χ2v) is 10.3. The molecule has 9 heteroatoms. The first-order valence-corrected chi connectivity index (χ1v) is 12.8. The lowest BCUT2D eigenvalue weighted by Crippen LogP contribution is -2.53. The van der Waals surface area contributed by atoms with Crippen LogP contribution in [-0.4, -0.2) is 60.1 Å². The number of anilines is 1. The number of ketones is 1. The van der Waals surface area contributed by atoms with Crippen molar-refractivity contribution in [3.63, 3.8) is 0 Å². The van der Waals surface area contributed by atoms with Crippen LogP contribution in [0.3, 0.4) is 0 Å². The first kappa shape index (κ1) is 24.8. The monoisotopic (exact) mass is 488 g/mol. The van der Waals surface area contributed by atoms with Gasteiger partial charge in [-0.3, -0.25) is 10.1 Å². The van der Waals surface area contributed by atoms with Gasteiger partial charge < -0.3 is 15.0 Å². The van der Waals surface area contributed by atoms with Crippen LogP contribution >= 0.6 is 11.3 Å². The molecule has 0 saturated carbocycles. The number of nitrogens with one attached hydrogen (secondary N) is 2. The molecule has 7 nitrogen and oxygen atoms in total. The number of aromatic nitrogens is 1. The Balaban J connectivity index is 1.30. The van der Waals surface area contributed by atoms with Gasteiger partial charge >= 0.3 is 6.03 Å². The molecule has 3 atom stereocenters. The Hall–Kier alpha value is -2.36. The van der Waals surface area contributed by atoms with E-state index in [0.29, 0.717) is 28.2 Å². The van der Waals surface area contributed by atoms with E-state index in [1.165, 1.54) is 42.4 Å². The average molecular weight is 489 g/mol. The van der Waals surface area contributed by atoms with Crippen LogP contribution in [0, 0.1) is 18.7 Å². The van der Waals surface area contributed by atoms with Crippen LogP contribution < -0.4 is 10.6 Å². The summed E-state index contributed by atoms with van der Waals surface area (Å²) >= 11 is 1.20. The number of nitrogens with zero attached hydrogens (tertiary/aromatic N) is 2. The molecule has 2 aliphatic rings. The Morgan fingerprint density at radius 2 is 2.03 bits per heavy atom. The summed E-state index contributed by atoms with van der Waals surface area (Å²) in [6.07, 6.45) is 4.93. The number of hydrogen-bond acceptors (Lipinski definition) is 6. The van der Waals surface area contributed by atoms with Crippen LogP contribution in [0.15, 0.2) is 24.3 Å². The van der Waals surface area contributed by atoms with E-state index in [0.717, 1.165) is 45.3 Å². The molecule has 2 fully saturated rings. The minimum atomic E-state index is -0.322. The third-order valence-corrected chi connectivity index (χ3v) is 7.75. The van der Waals surface area contributed by atoms with E-state index in [4.69, 9.17) is 4.74 Å². The average Bonchev–Trinajstić information content (AvgIpc) is 3.17. The molecule has 1 aromatic carbocycles. The molecule has 2 N–H and O–H groups in total. The fraction of sp³-hybridized carbons (Fsp3) is 0.560. The molecule has 2 saturated heterocycles. The highest BCUT2D eigenvalue weighted by atomic mass is 32.1. The summed E-state index contributed by atoms with van der Waals surface area (Å²) in [5.41, 5.74) is 1.80. The van der Waals surface area contributed by atoms with E-state index < -0.39 is 0 Å². The SMILES string of the molecule is CC(=O)c1sc(NC(=O)N[C@@H]2CCCO[C@H]2CN2CCCC(Cc3ccc(F)cc3)C2)nc1C. The van der Waals surface area contributed by atoms with Gasteiger partial charge in [-0.1, -0.05) is 23.5 Å². The van der Waals surface area contributed by atoms with Crippen molar-refractivity contribution in [3.8, 4) is 0 Å². The van der Waals surface area contributed by atoms with E-state index in [1.54, 1.807) is 6.92 Å². The first-order chi connectivity index (χ1) is 16.4. The number of carbonyl (C=O) groups excluding carboxylic acids is 2. The number of ether oxygens (including phenoxy) is 1. The molecule has 0 radical (unpaired) electrons. The highest BCUT2D eigenvalue weighted by Gasteiger charge is 2.31. The predicted octanol–water partition coefficient (Wildman–Crippen LogP) is 4.42. The lowest BCUT2D eigenvalue weighted by Gasteiger charge is -2.39. The van der Waals surface area contributed by atoms with Crippen LogP contribution in [0.4, 0.5) is 14.3 Å². The zero-order valence-corrected chi connectivity index (χ0v) is 20.6. The third-order valence-electron chi connectivity index (χ3n) is 6.57. The number of benzene rings is 1. The molecule has 3 heterocycles. The highest BCUT2D eigenvalue weighted by molar-refractivity contribution is 7.17. The quantitative estimate of drug-likeness (QED) is 0.564. The maximum absolute atomic E-state index is 13.2. The number of aryl methyl sites for hydroxylation is 1. The van der Waals surface area contributed by atoms with Crippen molar-refractivity contribution in [1.29, 1.82) is 0 Å². The van der Waals surface area contributed by atoms with Gasteiger partial charge in [0.05, 0.1) is 22.7 Å². The summed E-state index contributed by atoms with van der Waals surface area (Å²) in [5.74, 6) is 0.278. The number of likely N-dealkylation sites (tertiary alicyclic amines) is 1. The van der Waals surface area contributed by atoms with Gasteiger partial charge in [0, 0.05) is 26.6 Å². The Kier molecular flexibility index (Phi) is 8.28. The number of Topliss-reactive ketones (excluding diaryl/α,β-unsaturated/α-hetero) is 1. The Labute approximate surface area is 204 Å². The van der Waals surface area contributed by atoms with Crippen molar-refractivity contribution in [2.75, 3.05) is 31.6 Å². The predicted molar refractivity (Wildman–Crippen MR) is 131 cm³/mol. The number of hydrogen-bond donors (Lipinski definition) is 2. The number of thiazole rings is 1. The maximum Gasteiger partial charge on any atom is 0.321 e. The number of halogens is 1. The van der Waals surface area contributed by atoms with Gasteiger partial charge in [0.1, 0.15) is 5.82 Å². The summed E-state index contributed by atoms with van der Waals surface area (Å²) in [6.45, 7) is 6.73. The fourth-order valence-electron chi connectivity index (χ4n) is 4.96. The smallest absolute Gasteiger partial charge is 0.321 e. The van der Waals surface area contributed by atoms with Crippen LogP contribution in [0.5, 0.6) is 0 Å². The fourth-order valence-corrected chi connectivity index (χ4v) is 5.81. The highest BCUT2D eigenvalue weighted by Crippen LogP contribution is 2.25. The molecule has 184 valence electrons. The van der Waals surface area contributed by atoms with Crippen molar-refractivity contribution < 1.29 is 18.7 Å². The van der Waals surface area contributed by atoms with Crippen LogP contribution in [-0.2, 0) is 11.2 Å².